The Bertz CT molecular complexity index is 579. The SMILES string of the molecule is CCCCOC(=O)NCCC(=O)NCC(O)c1cc(OC)ccc1OC. The zero-order valence-corrected chi connectivity index (χ0v) is 15.5. The van der Waals surface area contributed by atoms with Gasteiger partial charge in [-0.15, -0.1) is 0 Å². The molecule has 3 N–H and O–H groups in total. The summed E-state index contributed by atoms with van der Waals surface area (Å²) in [7, 11) is 3.03. The van der Waals surface area contributed by atoms with Gasteiger partial charge >= 0.3 is 6.09 Å². The number of alkyl carbamates (subject to hydrolysis) is 1. The predicted octanol–water partition coefficient (Wildman–Crippen LogP) is 1.77. The first-order valence-corrected chi connectivity index (χ1v) is 8.59. The Morgan fingerprint density at radius 1 is 1.19 bits per heavy atom. The third kappa shape index (κ3) is 7.60. The molecule has 8 heteroatoms. The van der Waals surface area contributed by atoms with E-state index >= 15 is 0 Å². The summed E-state index contributed by atoms with van der Waals surface area (Å²) in [6.45, 7) is 2.54. The first-order valence-electron chi connectivity index (χ1n) is 8.59. The van der Waals surface area contributed by atoms with E-state index in [4.69, 9.17) is 14.2 Å². The average Bonchev–Trinajstić information content (AvgIpc) is 2.65. The summed E-state index contributed by atoms with van der Waals surface area (Å²) in [4.78, 5) is 23.2. The summed E-state index contributed by atoms with van der Waals surface area (Å²) in [6.07, 6.45) is 0.351. The van der Waals surface area contributed by atoms with Gasteiger partial charge in [-0.1, -0.05) is 13.3 Å². The molecule has 0 spiro atoms. The van der Waals surface area contributed by atoms with Gasteiger partial charge in [-0.05, 0) is 24.6 Å². The van der Waals surface area contributed by atoms with Crippen molar-refractivity contribution >= 4 is 12.0 Å². The van der Waals surface area contributed by atoms with Crippen molar-refractivity contribution in [3.05, 3.63) is 23.8 Å². The van der Waals surface area contributed by atoms with Crippen molar-refractivity contribution in [3.8, 4) is 11.5 Å². The number of amides is 2. The molecule has 0 aliphatic carbocycles. The van der Waals surface area contributed by atoms with Gasteiger partial charge in [0.05, 0.1) is 26.9 Å². The van der Waals surface area contributed by atoms with Crippen LogP contribution in [0.2, 0.25) is 0 Å². The van der Waals surface area contributed by atoms with Crippen molar-refractivity contribution < 1.29 is 28.9 Å². The maximum absolute atomic E-state index is 11.8. The number of hydrogen-bond acceptors (Lipinski definition) is 6. The molecule has 0 aliphatic rings. The van der Waals surface area contributed by atoms with Gasteiger partial charge in [-0.2, -0.15) is 0 Å². The van der Waals surface area contributed by atoms with Gasteiger partial charge in [0.1, 0.15) is 11.5 Å². The number of methoxy groups -OCH3 is 2. The molecule has 146 valence electrons. The van der Waals surface area contributed by atoms with Crippen LogP contribution in [0, 0.1) is 0 Å². The largest absolute Gasteiger partial charge is 0.497 e. The van der Waals surface area contributed by atoms with E-state index in [2.05, 4.69) is 10.6 Å². The lowest BCUT2D eigenvalue weighted by Crippen LogP contribution is -2.33. The summed E-state index contributed by atoms with van der Waals surface area (Å²) in [5.41, 5.74) is 0.518. The van der Waals surface area contributed by atoms with Gasteiger partial charge in [0, 0.05) is 25.1 Å². The molecule has 1 unspecified atom stereocenters. The lowest BCUT2D eigenvalue weighted by atomic mass is 10.1. The minimum Gasteiger partial charge on any atom is -0.497 e. The maximum Gasteiger partial charge on any atom is 0.407 e. The topological polar surface area (TPSA) is 106 Å². The number of aliphatic hydroxyl groups is 1. The first kappa shape index (κ1) is 21.6. The Morgan fingerprint density at radius 3 is 2.62 bits per heavy atom. The van der Waals surface area contributed by atoms with Crippen LogP contribution in [0.1, 0.15) is 37.9 Å². The van der Waals surface area contributed by atoms with Crippen molar-refractivity contribution in [1.82, 2.24) is 10.6 Å². The second kappa shape index (κ2) is 12.0. The van der Waals surface area contributed by atoms with E-state index in [0.717, 1.165) is 12.8 Å². The molecule has 0 aliphatic heterocycles. The molecular formula is C18H28N2O6. The number of aliphatic hydroxyl groups excluding tert-OH is 1. The van der Waals surface area contributed by atoms with Crippen molar-refractivity contribution in [3.63, 3.8) is 0 Å². The molecule has 1 aromatic rings. The summed E-state index contributed by atoms with van der Waals surface area (Å²) >= 11 is 0. The molecule has 1 atom stereocenters. The summed E-state index contributed by atoms with van der Waals surface area (Å²) in [5.74, 6) is 0.792. The summed E-state index contributed by atoms with van der Waals surface area (Å²) < 4.78 is 15.3. The second-order valence-corrected chi connectivity index (χ2v) is 5.59. The number of carbonyl (C=O) groups is 2. The average molecular weight is 368 g/mol. The fourth-order valence-corrected chi connectivity index (χ4v) is 2.15. The Balaban J connectivity index is 2.37. The standard InChI is InChI=1S/C18H28N2O6/c1-4-5-10-26-18(23)19-9-8-17(22)20-12-15(21)14-11-13(24-2)6-7-16(14)25-3/h6-7,11,15,21H,4-5,8-10,12H2,1-3H3,(H,19,23)(H,20,22). The molecule has 0 saturated carbocycles. The molecule has 0 radical (unpaired) electrons. The predicted molar refractivity (Wildman–Crippen MR) is 96.4 cm³/mol. The fraction of sp³-hybridized carbons (Fsp3) is 0.556. The fourth-order valence-electron chi connectivity index (χ4n) is 2.15. The van der Waals surface area contributed by atoms with Crippen LogP contribution in [0.3, 0.4) is 0 Å². The van der Waals surface area contributed by atoms with Gasteiger partial charge < -0.3 is 30.0 Å². The Kier molecular flexibility index (Phi) is 9.93. The third-order valence-corrected chi connectivity index (χ3v) is 3.64. The van der Waals surface area contributed by atoms with E-state index in [1.54, 1.807) is 18.2 Å². The minimum absolute atomic E-state index is 0.0172. The van der Waals surface area contributed by atoms with Gasteiger partial charge in [0.25, 0.3) is 0 Å². The molecule has 0 bridgehead atoms. The lowest BCUT2D eigenvalue weighted by molar-refractivity contribution is -0.121. The van der Waals surface area contributed by atoms with Crippen LogP contribution in [0.25, 0.3) is 0 Å². The molecule has 8 nitrogen and oxygen atoms in total. The number of ether oxygens (including phenoxy) is 3. The number of hydrogen-bond donors (Lipinski definition) is 3. The van der Waals surface area contributed by atoms with Crippen molar-refractivity contribution in [2.24, 2.45) is 0 Å². The zero-order valence-electron chi connectivity index (χ0n) is 15.5. The lowest BCUT2D eigenvalue weighted by Gasteiger charge is -2.16. The molecule has 1 rings (SSSR count). The number of rotatable bonds is 11. The van der Waals surface area contributed by atoms with Crippen LogP contribution in [0.5, 0.6) is 11.5 Å². The van der Waals surface area contributed by atoms with Gasteiger partial charge in [0.15, 0.2) is 0 Å². The van der Waals surface area contributed by atoms with E-state index in [0.29, 0.717) is 23.7 Å². The molecular weight excluding hydrogens is 340 g/mol. The number of benzene rings is 1. The molecule has 0 heterocycles. The Labute approximate surface area is 153 Å². The van der Waals surface area contributed by atoms with Crippen molar-refractivity contribution in [1.29, 1.82) is 0 Å². The number of carbonyl (C=O) groups excluding carboxylic acids is 2. The van der Waals surface area contributed by atoms with Crippen LogP contribution >= 0.6 is 0 Å². The van der Waals surface area contributed by atoms with Crippen molar-refractivity contribution in [2.75, 3.05) is 33.9 Å². The van der Waals surface area contributed by atoms with Crippen LogP contribution < -0.4 is 20.1 Å². The van der Waals surface area contributed by atoms with Crippen LogP contribution in [0.4, 0.5) is 4.79 Å². The highest BCUT2D eigenvalue weighted by Crippen LogP contribution is 2.29. The Morgan fingerprint density at radius 2 is 1.96 bits per heavy atom. The van der Waals surface area contributed by atoms with Gasteiger partial charge in [-0.25, -0.2) is 4.79 Å². The van der Waals surface area contributed by atoms with Gasteiger partial charge in [0.2, 0.25) is 5.91 Å². The molecule has 1 aromatic carbocycles. The highest BCUT2D eigenvalue weighted by molar-refractivity contribution is 5.77. The van der Waals surface area contributed by atoms with E-state index in [9.17, 15) is 14.7 Å². The highest BCUT2D eigenvalue weighted by Gasteiger charge is 2.15. The smallest absolute Gasteiger partial charge is 0.407 e. The number of unbranched alkanes of at least 4 members (excludes halogenated alkanes) is 1. The quantitative estimate of drug-likeness (QED) is 0.514. The van der Waals surface area contributed by atoms with E-state index in [1.165, 1.54) is 14.2 Å². The minimum atomic E-state index is -0.948. The maximum atomic E-state index is 11.8. The van der Waals surface area contributed by atoms with Crippen LogP contribution in [-0.4, -0.2) is 51.0 Å². The number of nitrogens with one attached hydrogen (secondary N) is 2. The molecule has 0 saturated heterocycles. The first-order chi connectivity index (χ1) is 12.5. The van der Waals surface area contributed by atoms with Crippen molar-refractivity contribution in [2.45, 2.75) is 32.3 Å². The zero-order chi connectivity index (χ0) is 19.4. The van der Waals surface area contributed by atoms with E-state index in [-0.39, 0.29) is 25.4 Å². The van der Waals surface area contributed by atoms with Gasteiger partial charge in [-0.3, -0.25) is 4.79 Å². The molecule has 26 heavy (non-hydrogen) atoms. The molecule has 0 fully saturated rings. The molecule has 0 aromatic heterocycles. The van der Waals surface area contributed by atoms with E-state index < -0.39 is 12.2 Å². The normalized spacial score (nSPS) is 11.4. The summed E-state index contributed by atoms with van der Waals surface area (Å²) in [6, 6.07) is 5.07. The third-order valence-electron chi connectivity index (χ3n) is 3.64. The summed E-state index contributed by atoms with van der Waals surface area (Å²) in [5, 5.41) is 15.4. The highest BCUT2D eigenvalue weighted by atomic mass is 16.5. The van der Waals surface area contributed by atoms with Crippen LogP contribution in [0.15, 0.2) is 18.2 Å². The Hall–Kier alpha value is -2.48. The van der Waals surface area contributed by atoms with Crippen LogP contribution in [-0.2, 0) is 9.53 Å². The monoisotopic (exact) mass is 368 g/mol. The second-order valence-electron chi connectivity index (χ2n) is 5.59. The van der Waals surface area contributed by atoms with E-state index in [1.807, 2.05) is 6.92 Å². The molecule has 2 amide bonds.